The van der Waals surface area contributed by atoms with Gasteiger partial charge in [-0.1, -0.05) is 0 Å². The monoisotopic (exact) mass is 245 g/mol. The van der Waals surface area contributed by atoms with E-state index in [-0.39, 0.29) is 24.7 Å². The van der Waals surface area contributed by atoms with Crippen molar-refractivity contribution < 1.29 is 24.5 Å². The number of carboxylic acids is 2. The summed E-state index contributed by atoms with van der Waals surface area (Å²) in [6.07, 6.45) is 1.32. The highest BCUT2D eigenvalue weighted by atomic mass is 16.5. The van der Waals surface area contributed by atoms with E-state index < -0.39 is 11.9 Å². The van der Waals surface area contributed by atoms with E-state index >= 15 is 0 Å². The maximum Gasteiger partial charge on any atom is 0.317 e. The molecule has 0 aliphatic carbocycles. The molecular weight excluding hydrogens is 226 g/mol. The molecule has 1 aliphatic rings. The fourth-order valence-corrected chi connectivity index (χ4v) is 2.17. The van der Waals surface area contributed by atoms with Crippen molar-refractivity contribution in [1.29, 1.82) is 0 Å². The van der Waals surface area contributed by atoms with E-state index in [2.05, 4.69) is 0 Å². The molecule has 6 nitrogen and oxygen atoms in total. The van der Waals surface area contributed by atoms with Crippen molar-refractivity contribution in [2.75, 3.05) is 19.7 Å². The molecule has 17 heavy (non-hydrogen) atoms. The quantitative estimate of drug-likeness (QED) is 0.729. The highest BCUT2D eigenvalue weighted by molar-refractivity contribution is 5.72. The van der Waals surface area contributed by atoms with Crippen LogP contribution in [0.5, 0.6) is 0 Å². The van der Waals surface area contributed by atoms with Gasteiger partial charge in [0.2, 0.25) is 0 Å². The number of aliphatic carboxylic acids is 2. The topological polar surface area (TPSA) is 87.1 Å². The molecule has 2 N–H and O–H groups in total. The van der Waals surface area contributed by atoms with Crippen molar-refractivity contribution in [3.05, 3.63) is 0 Å². The summed E-state index contributed by atoms with van der Waals surface area (Å²) < 4.78 is 5.53. The average molecular weight is 245 g/mol. The van der Waals surface area contributed by atoms with Gasteiger partial charge in [0.25, 0.3) is 0 Å². The first kappa shape index (κ1) is 13.9. The Morgan fingerprint density at radius 1 is 1.29 bits per heavy atom. The van der Waals surface area contributed by atoms with E-state index in [9.17, 15) is 9.59 Å². The van der Waals surface area contributed by atoms with Gasteiger partial charge >= 0.3 is 11.9 Å². The van der Waals surface area contributed by atoms with Crippen LogP contribution in [0.4, 0.5) is 0 Å². The van der Waals surface area contributed by atoms with Crippen molar-refractivity contribution in [1.82, 2.24) is 4.90 Å². The summed E-state index contributed by atoms with van der Waals surface area (Å²) in [5.41, 5.74) is -0.321. The summed E-state index contributed by atoms with van der Waals surface area (Å²) in [6, 6.07) is -0.0500. The van der Waals surface area contributed by atoms with Crippen LogP contribution in [-0.4, -0.2) is 58.4 Å². The zero-order chi connectivity index (χ0) is 13.1. The van der Waals surface area contributed by atoms with E-state index in [4.69, 9.17) is 14.9 Å². The van der Waals surface area contributed by atoms with Crippen molar-refractivity contribution in [3.63, 3.8) is 0 Å². The second kappa shape index (κ2) is 5.46. The fourth-order valence-electron chi connectivity index (χ4n) is 2.17. The Hall–Kier alpha value is -1.14. The first-order chi connectivity index (χ1) is 7.80. The SMILES string of the molecule is CC1(C)CC(N(CC(=O)O)CC(=O)O)CCO1. The second-order valence-electron chi connectivity index (χ2n) is 4.95. The molecule has 0 bridgehead atoms. The van der Waals surface area contributed by atoms with E-state index in [1.54, 1.807) is 0 Å². The number of rotatable bonds is 5. The van der Waals surface area contributed by atoms with Crippen LogP contribution < -0.4 is 0 Å². The third-order valence-electron chi connectivity index (χ3n) is 2.86. The Morgan fingerprint density at radius 2 is 1.82 bits per heavy atom. The lowest BCUT2D eigenvalue weighted by atomic mass is 9.93. The highest BCUT2D eigenvalue weighted by Gasteiger charge is 2.33. The fraction of sp³-hybridized carbons (Fsp3) is 0.818. The molecule has 1 fully saturated rings. The standard InChI is InChI=1S/C11H19NO5/c1-11(2)5-8(3-4-17-11)12(6-9(13)14)7-10(15)16/h8H,3-7H2,1-2H3,(H,13,14)(H,15,16). The summed E-state index contributed by atoms with van der Waals surface area (Å²) >= 11 is 0. The Labute approximate surface area is 100 Å². The molecule has 0 aromatic carbocycles. The van der Waals surface area contributed by atoms with Crippen LogP contribution in [0.15, 0.2) is 0 Å². The number of hydrogen-bond acceptors (Lipinski definition) is 4. The van der Waals surface area contributed by atoms with Crippen LogP contribution in [0.1, 0.15) is 26.7 Å². The van der Waals surface area contributed by atoms with Crippen LogP contribution in [0.3, 0.4) is 0 Å². The Morgan fingerprint density at radius 3 is 2.24 bits per heavy atom. The third-order valence-corrected chi connectivity index (χ3v) is 2.86. The van der Waals surface area contributed by atoms with Gasteiger partial charge in [0.15, 0.2) is 0 Å². The normalized spacial score (nSPS) is 23.6. The molecule has 0 aromatic heterocycles. The lowest BCUT2D eigenvalue weighted by molar-refractivity contribution is -0.146. The van der Waals surface area contributed by atoms with Crippen LogP contribution in [-0.2, 0) is 14.3 Å². The molecule has 0 aromatic rings. The Bertz CT molecular complexity index is 286. The van der Waals surface area contributed by atoms with Gasteiger partial charge in [-0.3, -0.25) is 14.5 Å². The summed E-state index contributed by atoms with van der Waals surface area (Å²) in [7, 11) is 0. The lowest BCUT2D eigenvalue weighted by Gasteiger charge is -2.40. The first-order valence-corrected chi connectivity index (χ1v) is 5.62. The lowest BCUT2D eigenvalue weighted by Crippen LogP contribution is -2.49. The summed E-state index contributed by atoms with van der Waals surface area (Å²) in [6.45, 7) is 3.91. The van der Waals surface area contributed by atoms with Crippen molar-refractivity contribution >= 4 is 11.9 Å². The van der Waals surface area contributed by atoms with E-state index in [1.807, 2.05) is 13.8 Å². The molecule has 6 heteroatoms. The third kappa shape index (κ3) is 4.70. The molecule has 0 radical (unpaired) electrons. The number of carbonyl (C=O) groups is 2. The zero-order valence-electron chi connectivity index (χ0n) is 10.2. The van der Waals surface area contributed by atoms with Crippen molar-refractivity contribution in [2.45, 2.75) is 38.3 Å². The summed E-state index contributed by atoms with van der Waals surface area (Å²) in [5.74, 6) is -2.01. The summed E-state index contributed by atoms with van der Waals surface area (Å²) in [4.78, 5) is 23.0. The minimum atomic E-state index is -1.00. The molecule has 98 valence electrons. The average Bonchev–Trinajstić information content (AvgIpc) is 2.13. The molecule has 1 atom stereocenters. The van der Waals surface area contributed by atoms with Gasteiger partial charge in [0.1, 0.15) is 0 Å². The maximum absolute atomic E-state index is 10.7. The predicted octanol–water partition coefficient (Wildman–Crippen LogP) is 0.415. The van der Waals surface area contributed by atoms with Crippen molar-refractivity contribution in [3.8, 4) is 0 Å². The number of carboxylic acid groups (broad SMARTS) is 2. The molecule has 0 saturated carbocycles. The zero-order valence-corrected chi connectivity index (χ0v) is 10.2. The van der Waals surface area contributed by atoms with Gasteiger partial charge in [-0.15, -0.1) is 0 Å². The largest absolute Gasteiger partial charge is 0.480 e. The number of hydrogen-bond donors (Lipinski definition) is 2. The highest BCUT2D eigenvalue weighted by Crippen LogP contribution is 2.27. The van der Waals surface area contributed by atoms with Crippen LogP contribution >= 0.6 is 0 Å². The number of ether oxygens (including phenoxy) is 1. The molecule has 0 amide bonds. The molecule has 1 unspecified atom stereocenters. The van der Waals surface area contributed by atoms with Gasteiger partial charge in [-0.05, 0) is 26.7 Å². The van der Waals surface area contributed by atoms with Crippen LogP contribution in [0, 0.1) is 0 Å². The van der Waals surface area contributed by atoms with Gasteiger partial charge in [-0.25, -0.2) is 0 Å². The van der Waals surface area contributed by atoms with Crippen molar-refractivity contribution in [2.24, 2.45) is 0 Å². The Balaban J connectivity index is 2.67. The molecule has 1 aliphatic heterocycles. The Kier molecular flexibility index (Phi) is 4.47. The molecule has 1 heterocycles. The summed E-state index contributed by atoms with van der Waals surface area (Å²) in [5, 5.41) is 17.6. The maximum atomic E-state index is 10.7. The molecular formula is C11H19NO5. The molecule has 0 spiro atoms. The smallest absolute Gasteiger partial charge is 0.317 e. The second-order valence-corrected chi connectivity index (χ2v) is 4.95. The number of nitrogens with zero attached hydrogens (tertiary/aromatic N) is 1. The van der Waals surface area contributed by atoms with E-state index in [0.717, 1.165) is 0 Å². The van der Waals surface area contributed by atoms with Gasteiger partial charge in [0, 0.05) is 12.6 Å². The van der Waals surface area contributed by atoms with Gasteiger partial charge in [0.05, 0.1) is 18.7 Å². The van der Waals surface area contributed by atoms with E-state index in [1.165, 1.54) is 4.90 Å². The minimum Gasteiger partial charge on any atom is -0.480 e. The van der Waals surface area contributed by atoms with Crippen LogP contribution in [0.2, 0.25) is 0 Å². The van der Waals surface area contributed by atoms with Gasteiger partial charge in [-0.2, -0.15) is 0 Å². The predicted molar refractivity (Wildman–Crippen MR) is 59.9 cm³/mol. The van der Waals surface area contributed by atoms with Gasteiger partial charge < -0.3 is 14.9 Å². The molecule has 1 saturated heterocycles. The molecule has 1 rings (SSSR count). The van der Waals surface area contributed by atoms with E-state index in [0.29, 0.717) is 19.4 Å². The van der Waals surface area contributed by atoms with Crippen LogP contribution in [0.25, 0.3) is 0 Å². The minimum absolute atomic E-state index is 0.0500. The first-order valence-electron chi connectivity index (χ1n) is 5.62.